The number of rotatable bonds is 0. The van der Waals surface area contributed by atoms with E-state index in [4.69, 9.17) is 4.98 Å². The molecule has 18 heterocycles. The zero-order valence-corrected chi connectivity index (χ0v) is 38.5. The molecule has 15 aliphatic heterocycles. The van der Waals surface area contributed by atoms with Crippen molar-refractivity contribution in [2.45, 2.75) is 71.5 Å². The van der Waals surface area contributed by atoms with E-state index in [-0.39, 0.29) is 0 Å². The van der Waals surface area contributed by atoms with Gasteiger partial charge in [0, 0.05) is 39.1 Å². The highest BCUT2D eigenvalue weighted by Crippen LogP contribution is 2.36. The molecule has 0 unspecified atom stereocenters. The Balaban J connectivity index is 1.40. The highest BCUT2D eigenvalue weighted by Gasteiger charge is 2.46. The number of pyridine rings is 1. The Morgan fingerprint density at radius 3 is 1.31 bits per heavy atom. The molecule has 0 saturated carbocycles. The summed E-state index contributed by atoms with van der Waals surface area (Å²) in [6, 6.07) is 45.6. The van der Waals surface area contributed by atoms with Crippen molar-refractivity contribution >= 4 is 108 Å². The zero-order chi connectivity index (χ0) is 37.7. The Morgan fingerprint density at radius 1 is 0.407 bits per heavy atom. The molecule has 0 radical (unpaired) electrons. The van der Waals surface area contributed by atoms with Crippen molar-refractivity contribution in [3.8, 4) is 11.4 Å². The van der Waals surface area contributed by atoms with Gasteiger partial charge in [0.25, 0.3) is 0 Å². The fourth-order valence-corrected chi connectivity index (χ4v) is 29.6. The molecule has 0 amide bonds. The molecular formula is C46H51N3Si5. The van der Waals surface area contributed by atoms with Crippen LogP contribution in [0.2, 0.25) is 65.5 Å². The average Bonchev–Trinajstić information content (AvgIpc) is 3.65. The van der Waals surface area contributed by atoms with Crippen LogP contribution in [0.15, 0.2) is 115 Å². The molecule has 15 aliphatic rings. The van der Waals surface area contributed by atoms with Gasteiger partial charge in [-0.2, -0.15) is 0 Å². The first kappa shape index (κ1) is 34.4. The molecule has 8 aromatic rings. The third-order valence-corrected chi connectivity index (χ3v) is 53.8. The summed E-state index contributed by atoms with van der Waals surface area (Å²) < 4.78 is 5.01. The molecule has 3 nitrogen and oxygen atoms in total. The van der Waals surface area contributed by atoms with Gasteiger partial charge in [-0.15, -0.1) is 0 Å². The molecule has 0 saturated heterocycles. The summed E-state index contributed by atoms with van der Waals surface area (Å²) in [5.74, 6) is 0. The van der Waals surface area contributed by atoms with Crippen LogP contribution in [0.3, 0.4) is 0 Å². The molecule has 0 aliphatic carbocycles. The Morgan fingerprint density at radius 2 is 0.796 bits per heavy atom. The van der Waals surface area contributed by atoms with Crippen molar-refractivity contribution in [1.29, 1.82) is 0 Å². The van der Waals surface area contributed by atoms with Crippen LogP contribution in [0.5, 0.6) is 0 Å². The summed E-state index contributed by atoms with van der Waals surface area (Å²) in [7, 11) is -9.83. The van der Waals surface area contributed by atoms with E-state index in [1.165, 1.54) is 65.4 Å². The van der Waals surface area contributed by atoms with E-state index in [1.54, 1.807) is 15.6 Å². The monoisotopic (exact) mass is 785 g/mol. The normalized spacial score (nSPS) is 18.9. The minimum Gasteiger partial charge on any atom is -0.309 e. The first-order valence-corrected chi connectivity index (χ1v) is 37.0. The van der Waals surface area contributed by atoms with Gasteiger partial charge < -0.3 is 4.57 Å². The van der Waals surface area contributed by atoms with E-state index in [0.29, 0.717) is 0 Å². The standard InChI is InChI=1S/C46H51N3Si5/c1-50(2)30-31-11-13-32(14-12-31)48-43-22-19-35-25-39(43)40-26-36(20-23-44(40)48)53(7,8)54(9,10)38-28-42-41-27-37(52(5,6)51(35,3)4)21-24-45(41)49(46(42)47-29-38)33-15-17-34(50)18-16-33/h11-29H,30H2,1-10H3. The largest absolute Gasteiger partial charge is 0.309 e. The molecule has 54 heavy (non-hydrogen) atoms. The Labute approximate surface area is 324 Å². The molecule has 0 N–H and O–H groups in total. The van der Waals surface area contributed by atoms with Crippen molar-refractivity contribution in [2.24, 2.45) is 0 Å². The highest BCUT2D eigenvalue weighted by molar-refractivity contribution is 7.50. The Bertz CT molecular complexity index is 2730. The SMILES string of the molecule is C[Si]1(C)Cc2ccc(cc2)-n2c3ccc4cc3c3cc(ccc32)[Si](C)(C)[Si](C)(C)c2cnc3c(c2)c2cc(ccc2n3-c2ccc1cc2)[Si](C)(C)[Si]4(C)C. The van der Waals surface area contributed by atoms with Crippen molar-refractivity contribution in [3.63, 3.8) is 0 Å². The van der Waals surface area contributed by atoms with Crippen molar-refractivity contribution < 1.29 is 0 Å². The third kappa shape index (κ3) is 4.51. The van der Waals surface area contributed by atoms with Crippen LogP contribution in [0.1, 0.15) is 5.56 Å². The van der Waals surface area contributed by atoms with Crippen molar-refractivity contribution in [3.05, 3.63) is 121 Å². The van der Waals surface area contributed by atoms with Gasteiger partial charge in [-0.25, -0.2) is 4.98 Å². The van der Waals surface area contributed by atoms with E-state index in [0.717, 1.165) is 11.7 Å². The molecule has 3 aromatic heterocycles. The Kier molecular flexibility index (Phi) is 7.04. The molecule has 5 aromatic carbocycles. The van der Waals surface area contributed by atoms with Gasteiger partial charge in [-0.3, -0.25) is 4.57 Å². The quantitative estimate of drug-likeness (QED) is 0.141. The van der Waals surface area contributed by atoms with Gasteiger partial charge in [-0.1, -0.05) is 159 Å². The lowest BCUT2D eigenvalue weighted by molar-refractivity contribution is 1.14. The maximum atomic E-state index is 5.47. The second-order valence-electron chi connectivity index (χ2n) is 19.2. The van der Waals surface area contributed by atoms with Gasteiger partial charge in [0.05, 0.1) is 55.0 Å². The summed E-state index contributed by atoms with van der Waals surface area (Å²) in [6.45, 7) is 26.1. The van der Waals surface area contributed by atoms with Crippen LogP contribution in [0.25, 0.3) is 55.1 Å². The zero-order valence-electron chi connectivity index (χ0n) is 33.5. The highest BCUT2D eigenvalue weighted by atomic mass is 29.3. The molecular weight excluding hydrogens is 735 g/mol. The van der Waals surface area contributed by atoms with Crippen LogP contribution in [0.4, 0.5) is 0 Å². The van der Waals surface area contributed by atoms with E-state index in [2.05, 4.69) is 190 Å². The van der Waals surface area contributed by atoms with Crippen LogP contribution < -0.4 is 25.9 Å². The third-order valence-electron chi connectivity index (χ3n) is 15.1. The lowest BCUT2D eigenvalue weighted by atomic mass is 10.1. The first-order valence-electron chi connectivity index (χ1n) is 19.8. The van der Waals surface area contributed by atoms with Crippen LogP contribution in [-0.4, -0.2) is 52.6 Å². The minimum absolute atomic E-state index is 1.08. The molecule has 0 spiro atoms. The van der Waals surface area contributed by atoms with E-state index >= 15 is 0 Å². The number of aromatic nitrogens is 3. The molecule has 0 atom stereocenters. The first-order chi connectivity index (χ1) is 25.5. The lowest BCUT2D eigenvalue weighted by Crippen LogP contribution is -2.69. The van der Waals surface area contributed by atoms with Crippen LogP contribution in [0, 0.1) is 0 Å². The minimum atomic E-state index is -2.04. The molecule has 8 heteroatoms. The second-order valence-corrected chi connectivity index (χ2v) is 54.2. The van der Waals surface area contributed by atoms with Crippen LogP contribution in [-0.2, 0) is 6.04 Å². The fourth-order valence-electron chi connectivity index (χ4n) is 9.85. The van der Waals surface area contributed by atoms with Crippen molar-refractivity contribution in [1.82, 2.24) is 14.1 Å². The number of nitrogens with zero attached hydrogens (tertiary/aromatic N) is 3. The summed E-state index contributed by atoms with van der Waals surface area (Å²) in [6.07, 6.45) is 2.27. The maximum Gasteiger partial charge on any atom is 0.145 e. The summed E-state index contributed by atoms with van der Waals surface area (Å²) in [5.41, 5.74) is 8.86. The van der Waals surface area contributed by atoms with E-state index in [1.807, 2.05) is 0 Å². The Hall–Kier alpha value is -4.07. The maximum absolute atomic E-state index is 5.47. The molecule has 270 valence electrons. The average molecular weight is 786 g/mol. The van der Waals surface area contributed by atoms with Gasteiger partial charge in [-0.05, 0) is 53.7 Å². The topological polar surface area (TPSA) is 22.8 Å². The summed E-state index contributed by atoms with van der Waals surface area (Å²) >= 11 is 0. The van der Waals surface area contributed by atoms with Crippen LogP contribution >= 0.6 is 0 Å². The molecule has 18 bridgehead atoms. The van der Waals surface area contributed by atoms with Gasteiger partial charge in [0.1, 0.15) is 5.65 Å². The second kappa shape index (κ2) is 11.0. The van der Waals surface area contributed by atoms with Gasteiger partial charge >= 0.3 is 0 Å². The smallest absolute Gasteiger partial charge is 0.145 e. The lowest BCUT2D eigenvalue weighted by Gasteiger charge is -2.40. The number of hydrogen-bond acceptors (Lipinski definition) is 1. The summed E-state index contributed by atoms with van der Waals surface area (Å²) in [5, 5.41) is 13.1. The molecule has 0 fully saturated rings. The predicted octanol–water partition coefficient (Wildman–Crippen LogP) is 8.82. The van der Waals surface area contributed by atoms with E-state index < -0.39 is 38.4 Å². The number of benzene rings is 5. The fraction of sp³-hybridized carbons (Fsp3) is 0.239. The predicted molar refractivity (Wildman–Crippen MR) is 249 cm³/mol. The number of hydrogen-bond donors (Lipinski definition) is 0. The molecule has 23 rings (SSSR count). The van der Waals surface area contributed by atoms with Gasteiger partial charge in [0.15, 0.2) is 0 Å². The summed E-state index contributed by atoms with van der Waals surface area (Å²) in [4.78, 5) is 5.47. The van der Waals surface area contributed by atoms with Crippen molar-refractivity contribution in [2.75, 3.05) is 0 Å². The van der Waals surface area contributed by atoms with E-state index in [9.17, 15) is 0 Å². The van der Waals surface area contributed by atoms with Gasteiger partial charge in [0.2, 0.25) is 0 Å².